The first-order chi connectivity index (χ1) is 15.0. The number of rotatable bonds is 7. The number of halogens is 1. The molecule has 0 aliphatic heterocycles. The number of fused-ring (bicyclic) bond motifs is 1. The number of benzene rings is 3. The van der Waals surface area contributed by atoms with Crippen LogP contribution in [0.2, 0.25) is 5.02 Å². The smallest absolute Gasteiger partial charge is 0.313 e. The highest BCUT2D eigenvalue weighted by Gasteiger charge is 2.24. The summed E-state index contributed by atoms with van der Waals surface area (Å²) in [7, 11) is 1.64. The minimum atomic E-state index is -0.555. The second-order valence-electron chi connectivity index (χ2n) is 7.20. The monoisotopic (exact) mass is 436 g/mol. The van der Waals surface area contributed by atoms with E-state index in [4.69, 9.17) is 21.1 Å². The molecule has 0 aliphatic rings. The quantitative estimate of drug-likeness (QED) is 0.395. The molecule has 0 amide bonds. The Labute approximate surface area is 184 Å². The zero-order valence-corrected chi connectivity index (χ0v) is 17.9. The SMILES string of the molecule is COc1ccc2cc([C@H](C)C(=O)OC(Cn3cnnn3)c3ccc(Cl)cc3)ccc2c1. The van der Waals surface area contributed by atoms with Gasteiger partial charge in [-0.2, -0.15) is 0 Å². The number of carbonyl (C=O) groups excluding carboxylic acids is 1. The van der Waals surface area contributed by atoms with E-state index in [1.165, 1.54) is 11.0 Å². The minimum Gasteiger partial charge on any atom is -0.497 e. The number of ether oxygens (including phenoxy) is 2. The highest BCUT2D eigenvalue weighted by atomic mass is 35.5. The predicted octanol–water partition coefficient (Wildman–Crippen LogP) is 4.58. The Balaban J connectivity index is 1.55. The van der Waals surface area contributed by atoms with Crippen molar-refractivity contribution in [2.75, 3.05) is 7.11 Å². The van der Waals surface area contributed by atoms with Gasteiger partial charge in [-0.25, -0.2) is 4.68 Å². The highest BCUT2D eigenvalue weighted by Crippen LogP contribution is 2.28. The third-order valence-corrected chi connectivity index (χ3v) is 5.42. The minimum absolute atomic E-state index is 0.296. The predicted molar refractivity (Wildman–Crippen MR) is 117 cm³/mol. The molecule has 0 fully saturated rings. The van der Waals surface area contributed by atoms with Crippen molar-refractivity contribution in [2.45, 2.75) is 25.5 Å². The van der Waals surface area contributed by atoms with Crippen LogP contribution in [0.15, 0.2) is 67.0 Å². The van der Waals surface area contributed by atoms with Gasteiger partial charge in [0.1, 0.15) is 18.2 Å². The summed E-state index contributed by atoms with van der Waals surface area (Å²) in [6, 6.07) is 18.9. The van der Waals surface area contributed by atoms with Gasteiger partial charge in [0, 0.05) is 5.02 Å². The van der Waals surface area contributed by atoms with Crippen LogP contribution < -0.4 is 4.74 Å². The largest absolute Gasteiger partial charge is 0.497 e. The third-order valence-electron chi connectivity index (χ3n) is 5.17. The lowest BCUT2D eigenvalue weighted by Crippen LogP contribution is -2.21. The van der Waals surface area contributed by atoms with E-state index in [9.17, 15) is 4.79 Å². The summed E-state index contributed by atoms with van der Waals surface area (Å²) in [6.45, 7) is 2.13. The third kappa shape index (κ3) is 4.83. The van der Waals surface area contributed by atoms with Crippen LogP contribution in [0.5, 0.6) is 5.75 Å². The van der Waals surface area contributed by atoms with E-state index in [0.717, 1.165) is 27.6 Å². The molecule has 0 spiro atoms. The van der Waals surface area contributed by atoms with E-state index in [1.807, 2.05) is 55.5 Å². The van der Waals surface area contributed by atoms with E-state index in [1.54, 1.807) is 19.2 Å². The molecule has 4 aromatic rings. The molecule has 1 unspecified atom stereocenters. The summed E-state index contributed by atoms with van der Waals surface area (Å²) in [5, 5.41) is 13.9. The number of tetrazole rings is 1. The van der Waals surface area contributed by atoms with Gasteiger partial charge in [0.25, 0.3) is 0 Å². The van der Waals surface area contributed by atoms with Crippen LogP contribution in [0.4, 0.5) is 0 Å². The Bertz CT molecular complexity index is 1180. The normalized spacial score (nSPS) is 13.0. The van der Waals surface area contributed by atoms with E-state index >= 15 is 0 Å². The van der Waals surface area contributed by atoms with Crippen LogP contribution in [0.3, 0.4) is 0 Å². The lowest BCUT2D eigenvalue weighted by atomic mass is 9.97. The Hall–Kier alpha value is -3.45. The number of hydrogen-bond donors (Lipinski definition) is 0. The summed E-state index contributed by atoms with van der Waals surface area (Å²) in [5.41, 5.74) is 1.69. The second kappa shape index (κ2) is 9.14. The van der Waals surface area contributed by atoms with Crippen LogP contribution >= 0.6 is 11.6 Å². The summed E-state index contributed by atoms with van der Waals surface area (Å²) in [4.78, 5) is 13.0. The number of hydrogen-bond acceptors (Lipinski definition) is 6. The van der Waals surface area contributed by atoms with Crippen molar-refractivity contribution in [3.05, 3.63) is 83.1 Å². The first kappa shape index (κ1) is 20.8. The van der Waals surface area contributed by atoms with Crippen LogP contribution in [0, 0.1) is 0 Å². The molecule has 0 aliphatic carbocycles. The van der Waals surface area contributed by atoms with Crippen LogP contribution in [-0.4, -0.2) is 33.3 Å². The van der Waals surface area contributed by atoms with Crippen molar-refractivity contribution in [3.63, 3.8) is 0 Å². The molecule has 2 atom stereocenters. The molecule has 0 N–H and O–H groups in total. The fourth-order valence-corrected chi connectivity index (χ4v) is 3.46. The molecule has 3 aromatic carbocycles. The molecular weight excluding hydrogens is 416 g/mol. The number of esters is 1. The molecule has 8 heteroatoms. The molecule has 0 saturated carbocycles. The average molecular weight is 437 g/mol. The maximum absolute atomic E-state index is 13.0. The lowest BCUT2D eigenvalue weighted by molar-refractivity contribution is -0.151. The van der Waals surface area contributed by atoms with Gasteiger partial charge in [-0.05, 0) is 63.5 Å². The van der Waals surface area contributed by atoms with Crippen molar-refractivity contribution in [2.24, 2.45) is 0 Å². The molecule has 1 aromatic heterocycles. The number of aromatic nitrogens is 4. The second-order valence-corrected chi connectivity index (χ2v) is 7.64. The number of methoxy groups -OCH3 is 1. The summed E-state index contributed by atoms with van der Waals surface area (Å²) in [5.74, 6) is 0.0113. The average Bonchev–Trinajstić information content (AvgIpc) is 3.31. The maximum atomic E-state index is 13.0. The molecule has 0 bridgehead atoms. The van der Waals surface area contributed by atoms with Crippen molar-refractivity contribution < 1.29 is 14.3 Å². The molecule has 4 rings (SSSR count). The maximum Gasteiger partial charge on any atom is 0.313 e. The van der Waals surface area contributed by atoms with Crippen LogP contribution in [-0.2, 0) is 16.1 Å². The molecule has 0 radical (unpaired) electrons. The van der Waals surface area contributed by atoms with Gasteiger partial charge in [0.15, 0.2) is 0 Å². The summed E-state index contributed by atoms with van der Waals surface area (Å²) in [6.07, 6.45) is 0.929. The fourth-order valence-electron chi connectivity index (χ4n) is 3.34. The molecule has 31 heavy (non-hydrogen) atoms. The highest BCUT2D eigenvalue weighted by molar-refractivity contribution is 6.30. The standard InChI is InChI=1S/C23H21ClN4O3/c1-15(17-3-4-19-12-21(30-2)10-7-18(19)11-17)23(29)31-22(13-28-14-25-26-27-28)16-5-8-20(24)9-6-16/h3-12,14-15,22H,13H2,1-2H3/t15-,22?/m0/s1. The van der Waals surface area contributed by atoms with E-state index < -0.39 is 12.0 Å². The van der Waals surface area contributed by atoms with Crippen LogP contribution in [0.25, 0.3) is 10.8 Å². The number of nitrogens with zero attached hydrogens (tertiary/aromatic N) is 4. The topological polar surface area (TPSA) is 79.1 Å². The van der Waals surface area contributed by atoms with Crippen molar-refractivity contribution in [3.8, 4) is 5.75 Å². The Morgan fingerprint density at radius 1 is 1.03 bits per heavy atom. The van der Waals surface area contributed by atoms with Gasteiger partial charge >= 0.3 is 5.97 Å². The van der Waals surface area contributed by atoms with Gasteiger partial charge in [-0.3, -0.25) is 4.79 Å². The van der Waals surface area contributed by atoms with Gasteiger partial charge in [0.2, 0.25) is 0 Å². The van der Waals surface area contributed by atoms with Crippen molar-refractivity contribution in [1.82, 2.24) is 20.2 Å². The zero-order chi connectivity index (χ0) is 21.8. The lowest BCUT2D eigenvalue weighted by Gasteiger charge is -2.21. The van der Waals surface area contributed by atoms with Gasteiger partial charge in [0.05, 0.1) is 19.6 Å². The fraction of sp³-hybridized carbons (Fsp3) is 0.217. The Kier molecular flexibility index (Phi) is 6.13. The zero-order valence-electron chi connectivity index (χ0n) is 17.1. The molecular formula is C23H21ClN4O3. The summed E-state index contributed by atoms with van der Waals surface area (Å²) < 4.78 is 12.7. The molecule has 1 heterocycles. The first-order valence-electron chi connectivity index (χ1n) is 9.78. The van der Waals surface area contributed by atoms with E-state index in [-0.39, 0.29) is 5.97 Å². The Morgan fingerprint density at radius 2 is 1.74 bits per heavy atom. The van der Waals surface area contributed by atoms with E-state index in [2.05, 4.69) is 15.5 Å². The molecule has 7 nitrogen and oxygen atoms in total. The van der Waals surface area contributed by atoms with Gasteiger partial charge < -0.3 is 9.47 Å². The van der Waals surface area contributed by atoms with Gasteiger partial charge in [-0.15, -0.1) is 5.10 Å². The molecule has 0 saturated heterocycles. The molecule has 158 valence electrons. The first-order valence-corrected chi connectivity index (χ1v) is 10.2. The van der Waals surface area contributed by atoms with E-state index in [0.29, 0.717) is 11.6 Å². The number of carbonyl (C=O) groups is 1. The van der Waals surface area contributed by atoms with Crippen molar-refractivity contribution >= 4 is 28.3 Å². The van der Waals surface area contributed by atoms with Crippen molar-refractivity contribution in [1.29, 1.82) is 0 Å². The van der Waals surface area contributed by atoms with Crippen LogP contribution in [0.1, 0.15) is 30.1 Å². The van der Waals surface area contributed by atoms with Gasteiger partial charge in [-0.1, -0.05) is 48.0 Å². The Morgan fingerprint density at radius 3 is 2.45 bits per heavy atom. The summed E-state index contributed by atoms with van der Waals surface area (Å²) >= 11 is 6.01.